The van der Waals surface area contributed by atoms with E-state index in [4.69, 9.17) is 5.73 Å². The number of primary amides is 1. The average molecular weight is 374 g/mol. The Morgan fingerprint density at radius 3 is 2.36 bits per heavy atom. The standard InChI is InChI=1S/C15H10N4O4S2/c16-6-8(11(17)20)14-19(7-4-2-1-3-5-7)13(22)10(24-14)9-12(21)18-15(23)25-9/h1-5,9-10H,(H2,17,20)(H,18,21,23)/b14-8-/t9-,10-/m1/s1. The molecule has 2 aliphatic heterocycles. The number of anilines is 1. The molecule has 10 heteroatoms. The van der Waals surface area contributed by atoms with Gasteiger partial charge in [0, 0.05) is 5.69 Å². The van der Waals surface area contributed by atoms with Crippen LogP contribution in [0.4, 0.5) is 10.5 Å². The summed E-state index contributed by atoms with van der Waals surface area (Å²) in [6.07, 6.45) is 0. The minimum atomic E-state index is -0.973. The first-order valence-electron chi connectivity index (χ1n) is 6.95. The Balaban J connectivity index is 2.09. The van der Waals surface area contributed by atoms with Crippen molar-refractivity contribution in [3.05, 3.63) is 40.9 Å². The predicted molar refractivity (Wildman–Crippen MR) is 92.1 cm³/mol. The highest BCUT2D eigenvalue weighted by Crippen LogP contribution is 2.45. The Kier molecular flexibility index (Phi) is 4.52. The minimum absolute atomic E-state index is 0.0592. The molecule has 0 bridgehead atoms. The monoisotopic (exact) mass is 374 g/mol. The van der Waals surface area contributed by atoms with Gasteiger partial charge >= 0.3 is 0 Å². The van der Waals surface area contributed by atoms with Gasteiger partial charge in [0.05, 0.1) is 0 Å². The van der Waals surface area contributed by atoms with Crippen molar-refractivity contribution in [2.24, 2.45) is 5.73 Å². The van der Waals surface area contributed by atoms with Gasteiger partial charge < -0.3 is 5.73 Å². The molecule has 0 radical (unpaired) electrons. The van der Waals surface area contributed by atoms with Crippen molar-refractivity contribution >= 4 is 52.2 Å². The van der Waals surface area contributed by atoms with Crippen LogP contribution in [0.15, 0.2) is 40.9 Å². The number of nitrogens with zero attached hydrogens (tertiary/aromatic N) is 2. The molecule has 1 aromatic rings. The van der Waals surface area contributed by atoms with Crippen LogP contribution in [-0.2, 0) is 14.4 Å². The van der Waals surface area contributed by atoms with E-state index in [0.29, 0.717) is 17.4 Å². The number of hydrogen-bond donors (Lipinski definition) is 2. The number of amides is 4. The maximum Gasteiger partial charge on any atom is 0.286 e. The zero-order chi connectivity index (χ0) is 18.1. The third-order valence-electron chi connectivity index (χ3n) is 3.48. The highest BCUT2D eigenvalue weighted by atomic mass is 32.2. The normalized spacial score (nSPS) is 24.9. The van der Waals surface area contributed by atoms with Crippen molar-refractivity contribution in [3.8, 4) is 6.07 Å². The van der Waals surface area contributed by atoms with Crippen LogP contribution in [0.1, 0.15) is 0 Å². The number of nitriles is 1. The molecule has 2 heterocycles. The van der Waals surface area contributed by atoms with Crippen molar-refractivity contribution in [1.82, 2.24) is 5.32 Å². The van der Waals surface area contributed by atoms with Gasteiger partial charge in [-0.15, -0.1) is 0 Å². The van der Waals surface area contributed by atoms with Crippen LogP contribution in [0.5, 0.6) is 0 Å². The van der Waals surface area contributed by atoms with E-state index in [0.717, 1.165) is 11.8 Å². The minimum Gasteiger partial charge on any atom is -0.365 e. The molecular weight excluding hydrogens is 364 g/mol. The molecule has 4 amide bonds. The summed E-state index contributed by atoms with van der Waals surface area (Å²) >= 11 is 1.60. The summed E-state index contributed by atoms with van der Waals surface area (Å²) in [6.45, 7) is 0. The number of para-hydroxylation sites is 1. The number of rotatable bonds is 3. The molecule has 0 spiro atoms. The second kappa shape index (κ2) is 6.62. The number of carbonyl (C=O) groups excluding carboxylic acids is 4. The molecule has 0 unspecified atom stereocenters. The molecule has 126 valence electrons. The molecular formula is C15H10N4O4S2. The lowest BCUT2D eigenvalue weighted by molar-refractivity contribution is -0.122. The van der Waals surface area contributed by atoms with E-state index in [-0.39, 0.29) is 10.6 Å². The van der Waals surface area contributed by atoms with E-state index in [1.807, 2.05) is 0 Å². The maximum absolute atomic E-state index is 12.9. The molecule has 0 aliphatic carbocycles. The molecule has 0 saturated carbocycles. The molecule has 3 rings (SSSR count). The molecule has 8 nitrogen and oxygen atoms in total. The Morgan fingerprint density at radius 2 is 1.84 bits per heavy atom. The summed E-state index contributed by atoms with van der Waals surface area (Å²) in [5, 5.41) is 9.01. The fourth-order valence-corrected chi connectivity index (χ4v) is 4.80. The van der Waals surface area contributed by atoms with Gasteiger partial charge in [-0.25, -0.2) is 0 Å². The van der Waals surface area contributed by atoms with Crippen LogP contribution in [0, 0.1) is 11.3 Å². The third kappa shape index (κ3) is 2.99. The largest absolute Gasteiger partial charge is 0.365 e. The second-order valence-electron chi connectivity index (χ2n) is 5.02. The van der Waals surface area contributed by atoms with Gasteiger partial charge in [-0.3, -0.25) is 29.4 Å². The smallest absolute Gasteiger partial charge is 0.286 e. The van der Waals surface area contributed by atoms with Crippen LogP contribution in [0.3, 0.4) is 0 Å². The van der Waals surface area contributed by atoms with E-state index in [1.54, 1.807) is 36.4 Å². The Labute approximate surface area is 150 Å². The number of nitrogens with one attached hydrogen (secondary N) is 1. The zero-order valence-corrected chi connectivity index (χ0v) is 14.1. The average Bonchev–Trinajstić information content (AvgIpc) is 3.08. The van der Waals surface area contributed by atoms with Crippen LogP contribution in [0.2, 0.25) is 0 Å². The van der Waals surface area contributed by atoms with E-state index >= 15 is 0 Å². The molecule has 1 aromatic carbocycles. The fraction of sp³-hybridized carbons (Fsp3) is 0.133. The summed E-state index contributed by atoms with van der Waals surface area (Å²) in [5.74, 6) is -2.05. The quantitative estimate of drug-likeness (QED) is 0.588. The lowest BCUT2D eigenvalue weighted by atomic mass is 10.2. The fourth-order valence-electron chi connectivity index (χ4n) is 2.41. The number of imide groups is 1. The summed E-state index contributed by atoms with van der Waals surface area (Å²) in [5.41, 5.74) is 5.31. The summed E-state index contributed by atoms with van der Waals surface area (Å²) in [4.78, 5) is 49.0. The molecule has 3 N–H and O–H groups in total. The Bertz CT molecular complexity index is 862. The number of thioether (sulfide) groups is 2. The Morgan fingerprint density at radius 1 is 1.16 bits per heavy atom. The number of hydrogen-bond acceptors (Lipinski definition) is 7. The maximum atomic E-state index is 12.9. The van der Waals surface area contributed by atoms with Gasteiger partial charge in [0.2, 0.25) is 11.8 Å². The SMILES string of the molecule is N#C/C(C(N)=O)=C1/S[C@H]([C@H]2SC(=O)NC2=O)C(=O)N1c1ccccc1. The highest BCUT2D eigenvalue weighted by molar-refractivity contribution is 8.16. The van der Waals surface area contributed by atoms with E-state index in [2.05, 4.69) is 5.32 Å². The molecule has 2 aliphatic rings. The first-order chi connectivity index (χ1) is 11.9. The van der Waals surface area contributed by atoms with Crippen molar-refractivity contribution in [2.75, 3.05) is 4.90 Å². The van der Waals surface area contributed by atoms with Gasteiger partial charge in [-0.05, 0) is 23.9 Å². The molecule has 25 heavy (non-hydrogen) atoms. The van der Waals surface area contributed by atoms with Crippen LogP contribution >= 0.6 is 23.5 Å². The predicted octanol–water partition coefficient (Wildman–Crippen LogP) is 0.707. The van der Waals surface area contributed by atoms with Crippen LogP contribution in [-0.4, -0.2) is 33.5 Å². The third-order valence-corrected chi connectivity index (χ3v) is 6.05. The number of benzene rings is 1. The summed E-state index contributed by atoms with van der Waals surface area (Å²) in [7, 11) is 0. The van der Waals surface area contributed by atoms with Crippen LogP contribution < -0.4 is 16.0 Å². The van der Waals surface area contributed by atoms with E-state index in [1.165, 1.54) is 4.90 Å². The van der Waals surface area contributed by atoms with Gasteiger partial charge in [-0.2, -0.15) is 5.26 Å². The van der Waals surface area contributed by atoms with Crippen molar-refractivity contribution < 1.29 is 19.2 Å². The van der Waals surface area contributed by atoms with Crippen molar-refractivity contribution in [2.45, 2.75) is 10.5 Å². The highest BCUT2D eigenvalue weighted by Gasteiger charge is 2.50. The van der Waals surface area contributed by atoms with Gasteiger partial charge in [0.15, 0.2) is 0 Å². The van der Waals surface area contributed by atoms with Crippen molar-refractivity contribution in [3.63, 3.8) is 0 Å². The molecule has 2 atom stereocenters. The van der Waals surface area contributed by atoms with Gasteiger partial charge in [0.1, 0.15) is 27.2 Å². The molecule has 2 fully saturated rings. The topological polar surface area (TPSA) is 133 Å². The van der Waals surface area contributed by atoms with Gasteiger partial charge in [-0.1, -0.05) is 30.0 Å². The van der Waals surface area contributed by atoms with Crippen molar-refractivity contribution in [1.29, 1.82) is 5.26 Å². The molecule has 2 saturated heterocycles. The first kappa shape index (κ1) is 17.1. The lowest BCUT2D eigenvalue weighted by Crippen LogP contribution is -2.38. The van der Waals surface area contributed by atoms with Gasteiger partial charge in [0.25, 0.3) is 11.1 Å². The zero-order valence-electron chi connectivity index (χ0n) is 12.5. The number of nitrogens with two attached hydrogens (primary N) is 1. The van der Waals surface area contributed by atoms with E-state index < -0.39 is 33.5 Å². The van der Waals surface area contributed by atoms with Crippen LogP contribution in [0.25, 0.3) is 0 Å². The second-order valence-corrected chi connectivity index (χ2v) is 7.26. The number of carbonyl (C=O) groups is 4. The lowest BCUT2D eigenvalue weighted by Gasteiger charge is -2.18. The summed E-state index contributed by atoms with van der Waals surface area (Å²) < 4.78 is 0. The molecule has 0 aromatic heterocycles. The summed E-state index contributed by atoms with van der Waals surface area (Å²) in [6, 6.07) is 10.1. The first-order valence-corrected chi connectivity index (χ1v) is 8.71. The van der Waals surface area contributed by atoms with E-state index in [9.17, 15) is 24.4 Å². The Hall–Kier alpha value is -2.77.